The first-order chi connectivity index (χ1) is 4.81. The molecule has 1 aliphatic rings. The third-order valence-corrected chi connectivity index (χ3v) is 1.96. The van der Waals surface area contributed by atoms with Crippen LogP contribution in [0.15, 0.2) is 11.6 Å². The molecule has 2 nitrogen and oxygen atoms in total. The van der Waals surface area contributed by atoms with Crippen LogP contribution in [0.1, 0.15) is 33.6 Å². The van der Waals surface area contributed by atoms with E-state index in [9.17, 15) is 10.2 Å². The Hall–Kier alpha value is -0.340. The molecule has 0 spiro atoms. The lowest BCUT2D eigenvalue weighted by atomic mass is 9.79. The van der Waals surface area contributed by atoms with Crippen LogP contribution in [0, 0.1) is 0 Å². The number of hydrogen-bond donors (Lipinski definition) is 2. The zero-order valence-corrected chi connectivity index (χ0v) is 7.39. The first kappa shape index (κ1) is 8.75. The van der Waals surface area contributed by atoms with Crippen molar-refractivity contribution in [1.29, 1.82) is 0 Å². The zero-order chi connectivity index (χ0) is 8.70. The molecule has 2 N–H and O–H groups in total. The van der Waals surface area contributed by atoms with Gasteiger partial charge in [0.1, 0.15) is 0 Å². The maximum atomic E-state index is 9.68. The summed E-state index contributed by atoms with van der Waals surface area (Å²) in [6.45, 7) is 5.42. The Balaban J connectivity index is 2.86. The second-order valence-corrected chi connectivity index (χ2v) is 4.20. The van der Waals surface area contributed by atoms with Crippen molar-refractivity contribution in [2.24, 2.45) is 0 Å². The molecule has 2 heteroatoms. The molecule has 64 valence electrons. The quantitative estimate of drug-likeness (QED) is 0.518. The Morgan fingerprint density at radius 1 is 1.36 bits per heavy atom. The Morgan fingerprint density at radius 3 is 2.27 bits per heavy atom. The number of hydrogen-bond acceptors (Lipinski definition) is 2. The molecule has 0 saturated heterocycles. The molecule has 0 aromatic heterocycles. The summed E-state index contributed by atoms with van der Waals surface area (Å²) in [5.41, 5.74) is -0.500. The maximum absolute atomic E-state index is 9.68. The van der Waals surface area contributed by atoms with Crippen LogP contribution in [0.3, 0.4) is 0 Å². The summed E-state index contributed by atoms with van der Waals surface area (Å²) in [7, 11) is 0. The highest BCUT2D eigenvalue weighted by Crippen LogP contribution is 2.33. The molecule has 0 heterocycles. The Morgan fingerprint density at radius 2 is 1.91 bits per heavy atom. The van der Waals surface area contributed by atoms with E-state index >= 15 is 0 Å². The highest BCUT2D eigenvalue weighted by molar-refractivity contribution is 5.16. The lowest BCUT2D eigenvalue weighted by Crippen LogP contribution is -2.40. The maximum Gasteiger partial charge on any atom is 0.0829 e. The van der Waals surface area contributed by atoms with Crippen molar-refractivity contribution in [2.45, 2.75) is 44.8 Å². The van der Waals surface area contributed by atoms with Crippen LogP contribution in [0.5, 0.6) is 0 Å². The van der Waals surface area contributed by atoms with Crippen molar-refractivity contribution < 1.29 is 10.2 Å². The van der Waals surface area contributed by atoms with Gasteiger partial charge in [0.25, 0.3) is 0 Å². The molecule has 0 aromatic carbocycles. The summed E-state index contributed by atoms with van der Waals surface area (Å²) < 4.78 is 0. The van der Waals surface area contributed by atoms with Crippen molar-refractivity contribution in [3.8, 4) is 0 Å². The van der Waals surface area contributed by atoms with Gasteiger partial charge in [0, 0.05) is 6.42 Å². The molecule has 0 radical (unpaired) electrons. The molecule has 0 amide bonds. The molecule has 0 aliphatic heterocycles. The highest BCUT2D eigenvalue weighted by atomic mass is 16.3. The molecule has 0 bridgehead atoms. The van der Waals surface area contributed by atoms with Crippen LogP contribution in [0.4, 0.5) is 0 Å². The van der Waals surface area contributed by atoms with Crippen molar-refractivity contribution in [2.75, 3.05) is 0 Å². The van der Waals surface area contributed by atoms with E-state index in [1.54, 1.807) is 13.8 Å². The van der Waals surface area contributed by atoms with Crippen molar-refractivity contribution in [3.05, 3.63) is 11.6 Å². The van der Waals surface area contributed by atoms with Gasteiger partial charge in [-0.2, -0.15) is 0 Å². The van der Waals surface area contributed by atoms with Crippen molar-refractivity contribution in [3.63, 3.8) is 0 Å². The van der Waals surface area contributed by atoms with Crippen LogP contribution in [0.2, 0.25) is 0 Å². The van der Waals surface area contributed by atoms with Gasteiger partial charge in [-0.15, -0.1) is 0 Å². The van der Waals surface area contributed by atoms with Crippen LogP contribution in [-0.2, 0) is 0 Å². The standard InChI is InChI=1S/C9H16O2/c1-7-4-8(2,10)6-9(3,11)5-7/h4,10-11H,5-6H2,1-3H3. The van der Waals surface area contributed by atoms with Gasteiger partial charge in [-0.25, -0.2) is 0 Å². The van der Waals surface area contributed by atoms with E-state index < -0.39 is 11.2 Å². The smallest absolute Gasteiger partial charge is 0.0829 e. The minimum Gasteiger partial charge on any atom is -0.390 e. The summed E-state index contributed by atoms with van der Waals surface area (Å²) in [6.07, 6.45) is 2.92. The van der Waals surface area contributed by atoms with Gasteiger partial charge in [0.2, 0.25) is 0 Å². The lowest BCUT2D eigenvalue weighted by molar-refractivity contribution is -0.0306. The van der Waals surface area contributed by atoms with Gasteiger partial charge in [0.05, 0.1) is 11.2 Å². The third-order valence-electron chi connectivity index (χ3n) is 1.96. The Bertz CT molecular complexity index is 190. The highest BCUT2D eigenvalue weighted by Gasteiger charge is 2.34. The fourth-order valence-corrected chi connectivity index (χ4v) is 2.07. The van der Waals surface area contributed by atoms with Crippen LogP contribution in [0.25, 0.3) is 0 Å². The van der Waals surface area contributed by atoms with E-state index in [1.807, 2.05) is 13.0 Å². The van der Waals surface area contributed by atoms with E-state index in [2.05, 4.69) is 0 Å². The molecule has 2 unspecified atom stereocenters. The Kier molecular flexibility index (Phi) is 1.85. The van der Waals surface area contributed by atoms with Crippen molar-refractivity contribution in [1.82, 2.24) is 0 Å². The van der Waals surface area contributed by atoms with Gasteiger partial charge >= 0.3 is 0 Å². The molecule has 0 fully saturated rings. The minimum absolute atomic E-state index is 0.428. The lowest BCUT2D eigenvalue weighted by Gasteiger charge is -2.36. The first-order valence-corrected chi connectivity index (χ1v) is 3.94. The van der Waals surface area contributed by atoms with Gasteiger partial charge in [-0.1, -0.05) is 11.6 Å². The van der Waals surface area contributed by atoms with E-state index in [1.165, 1.54) is 0 Å². The fourth-order valence-electron chi connectivity index (χ4n) is 2.07. The second-order valence-electron chi connectivity index (χ2n) is 4.20. The number of aliphatic hydroxyl groups is 2. The molecular formula is C9H16O2. The van der Waals surface area contributed by atoms with Crippen molar-refractivity contribution >= 4 is 0 Å². The average Bonchev–Trinajstić information content (AvgIpc) is 1.49. The zero-order valence-electron chi connectivity index (χ0n) is 7.39. The van der Waals surface area contributed by atoms with E-state index in [4.69, 9.17) is 0 Å². The van der Waals surface area contributed by atoms with Gasteiger partial charge in [-0.05, 0) is 27.2 Å². The molecule has 2 atom stereocenters. The average molecular weight is 156 g/mol. The monoisotopic (exact) mass is 156 g/mol. The number of rotatable bonds is 0. The van der Waals surface area contributed by atoms with E-state index in [0.29, 0.717) is 12.8 Å². The predicted octanol–water partition coefficient (Wildman–Crippen LogP) is 1.23. The molecule has 1 rings (SSSR count). The normalized spacial score (nSPS) is 45.4. The SMILES string of the molecule is CC1=CC(C)(O)CC(C)(O)C1. The van der Waals surface area contributed by atoms with Crippen LogP contribution in [-0.4, -0.2) is 21.4 Å². The first-order valence-electron chi connectivity index (χ1n) is 3.94. The minimum atomic E-state index is -0.828. The molecule has 1 aliphatic carbocycles. The summed E-state index contributed by atoms with van der Waals surface area (Å²) in [5, 5.41) is 19.3. The largest absolute Gasteiger partial charge is 0.390 e. The topological polar surface area (TPSA) is 40.5 Å². The van der Waals surface area contributed by atoms with Gasteiger partial charge in [-0.3, -0.25) is 0 Å². The third kappa shape index (κ3) is 2.31. The van der Waals surface area contributed by atoms with Gasteiger partial charge < -0.3 is 10.2 Å². The molecule has 11 heavy (non-hydrogen) atoms. The second kappa shape index (κ2) is 2.32. The van der Waals surface area contributed by atoms with Crippen LogP contribution >= 0.6 is 0 Å². The van der Waals surface area contributed by atoms with E-state index in [0.717, 1.165) is 5.57 Å². The van der Waals surface area contributed by atoms with Crippen LogP contribution < -0.4 is 0 Å². The summed E-state index contributed by atoms with van der Waals surface area (Å²) in [4.78, 5) is 0. The molecular weight excluding hydrogens is 140 g/mol. The Labute approximate surface area is 67.6 Å². The predicted molar refractivity (Wildman–Crippen MR) is 44.2 cm³/mol. The molecule has 0 aromatic rings. The summed E-state index contributed by atoms with van der Waals surface area (Å²) in [5.74, 6) is 0. The molecule has 0 saturated carbocycles. The summed E-state index contributed by atoms with van der Waals surface area (Å²) in [6, 6.07) is 0. The summed E-state index contributed by atoms with van der Waals surface area (Å²) >= 11 is 0. The van der Waals surface area contributed by atoms with Gasteiger partial charge in [0.15, 0.2) is 0 Å². The van der Waals surface area contributed by atoms with E-state index in [-0.39, 0.29) is 0 Å². The fraction of sp³-hybridized carbons (Fsp3) is 0.778.